The topological polar surface area (TPSA) is 53.3 Å². The summed E-state index contributed by atoms with van der Waals surface area (Å²) in [6, 6.07) is 9.19. The highest BCUT2D eigenvalue weighted by atomic mass is 16.5. The van der Waals surface area contributed by atoms with Crippen molar-refractivity contribution >= 4 is 5.97 Å². The van der Waals surface area contributed by atoms with Crippen LogP contribution >= 0.6 is 0 Å². The average Bonchev–Trinajstić information content (AvgIpc) is 2.90. The quantitative estimate of drug-likeness (QED) is 0.787. The molecule has 0 spiro atoms. The molecule has 0 saturated carbocycles. The van der Waals surface area contributed by atoms with Gasteiger partial charge in [-0.25, -0.2) is 4.79 Å². The molecule has 5 heteroatoms. The summed E-state index contributed by atoms with van der Waals surface area (Å²) in [6.07, 6.45) is 1.97. The summed E-state index contributed by atoms with van der Waals surface area (Å²) in [4.78, 5) is 12.1. The molecule has 1 atom stereocenters. The fourth-order valence-electron chi connectivity index (χ4n) is 1.99. The Kier molecular flexibility index (Phi) is 4.40. The first-order valence-electron chi connectivity index (χ1n) is 6.48. The molecule has 2 rings (SSSR count). The Morgan fingerprint density at radius 1 is 1.40 bits per heavy atom. The van der Waals surface area contributed by atoms with Crippen LogP contribution in [0.3, 0.4) is 0 Å². The van der Waals surface area contributed by atoms with Gasteiger partial charge in [0.2, 0.25) is 0 Å². The molecule has 0 amide bonds. The minimum Gasteiger partial charge on any atom is -0.497 e. The number of carbonyl (C=O) groups excluding carboxylic acids is 1. The molecule has 1 aromatic carbocycles. The SMILES string of the molecule is CC[C@H](OC(=O)c1ccnn1C)c1cccc(OC)c1. The first kappa shape index (κ1) is 14.1. The van der Waals surface area contributed by atoms with Gasteiger partial charge in [0.05, 0.1) is 7.11 Å². The summed E-state index contributed by atoms with van der Waals surface area (Å²) in [5.74, 6) is 0.372. The van der Waals surface area contributed by atoms with Gasteiger partial charge in [-0.3, -0.25) is 4.68 Å². The zero-order valence-corrected chi connectivity index (χ0v) is 11.9. The lowest BCUT2D eigenvalue weighted by atomic mass is 10.1. The van der Waals surface area contributed by atoms with Crippen LogP contribution in [0.15, 0.2) is 36.5 Å². The smallest absolute Gasteiger partial charge is 0.357 e. The summed E-state index contributed by atoms with van der Waals surface area (Å²) in [6.45, 7) is 1.97. The molecule has 0 fully saturated rings. The van der Waals surface area contributed by atoms with E-state index in [-0.39, 0.29) is 12.1 Å². The van der Waals surface area contributed by atoms with Crippen LogP contribution < -0.4 is 4.74 Å². The fourth-order valence-corrected chi connectivity index (χ4v) is 1.99. The van der Waals surface area contributed by atoms with E-state index in [4.69, 9.17) is 9.47 Å². The van der Waals surface area contributed by atoms with Crippen LogP contribution in [-0.2, 0) is 11.8 Å². The number of aryl methyl sites for hydroxylation is 1. The lowest BCUT2D eigenvalue weighted by Crippen LogP contribution is -2.14. The summed E-state index contributed by atoms with van der Waals surface area (Å²) >= 11 is 0. The van der Waals surface area contributed by atoms with Crippen LogP contribution in [0.2, 0.25) is 0 Å². The molecule has 0 radical (unpaired) electrons. The van der Waals surface area contributed by atoms with Gasteiger partial charge in [-0.05, 0) is 30.2 Å². The maximum absolute atomic E-state index is 12.1. The van der Waals surface area contributed by atoms with Crippen molar-refractivity contribution in [1.29, 1.82) is 0 Å². The van der Waals surface area contributed by atoms with Crippen molar-refractivity contribution < 1.29 is 14.3 Å². The van der Waals surface area contributed by atoms with Gasteiger partial charge >= 0.3 is 5.97 Å². The molecule has 1 aromatic heterocycles. The highest BCUT2D eigenvalue weighted by Gasteiger charge is 2.18. The standard InChI is InChI=1S/C15H18N2O3/c1-4-14(11-6-5-7-12(10-11)19-3)20-15(18)13-8-9-16-17(13)2/h5-10,14H,4H2,1-3H3/t14-/m0/s1. The minimum atomic E-state index is -0.375. The molecule has 106 valence electrons. The van der Waals surface area contributed by atoms with E-state index < -0.39 is 0 Å². The van der Waals surface area contributed by atoms with Crippen molar-refractivity contribution in [2.45, 2.75) is 19.4 Å². The predicted octanol–water partition coefficient (Wildman–Crippen LogP) is 2.74. The zero-order valence-electron chi connectivity index (χ0n) is 11.9. The van der Waals surface area contributed by atoms with Gasteiger partial charge in [0.1, 0.15) is 17.5 Å². The lowest BCUT2D eigenvalue weighted by Gasteiger charge is -2.17. The second-order valence-electron chi connectivity index (χ2n) is 4.42. The molecule has 0 N–H and O–H groups in total. The van der Waals surface area contributed by atoms with E-state index in [1.807, 2.05) is 31.2 Å². The van der Waals surface area contributed by atoms with Crippen molar-refractivity contribution in [1.82, 2.24) is 9.78 Å². The lowest BCUT2D eigenvalue weighted by molar-refractivity contribution is 0.0274. The van der Waals surface area contributed by atoms with Crippen LogP contribution in [0.4, 0.5) is 0 Å². The molecule has 5 nitrogen and oxygen atoms in total. The second-order valence-corrected chi connectivity index (χ2v) is 4.42. The molecule has 1 heterocycles. The molecular weight excluding hydrogens is 256 g/mol. The average molecular weight is 274 g/mol. The highest BCUT2D eigenvalue weighted by molar-refractivity contribution is 5.87. The van der Waals surface area contributed by atoms with E-state index in [9.17, 15) is 4.79 Å². The number of ether oxygens (including phenoxy) is 2. The van der Waals surface area contributed by atoms with E-state index >= 15 is 0 Å². The molecule has 0 aliphatic heterocycles. The maximum Gasteiger partial charge on any atom is 0.357 e. The van der Waals surface area contributed by atoms with Gasteiger partial charge < -0.3 is 9.47 Å². The number of nitrogens with zero attached hydrogens (tertiary/aromatic N) is 2. The number of aromatic nitrogens is 2. The number of esters is 1. The Labute approximate surface area is 118 Å². The van der Waals surface area contributed by atoms with Crippen molar-refractivity contribution in [2.24, 2.45) is 7.05 Å². The Balaban J connectivity index is 2.16. The molecule has 0 aliphatic carbocycles. The minimum absolute atomic E-state index is 0.299. The van der Waals surface area contributed by atoms with Crippen molar-refractivity contribution in [3.63, 3.8) is 0 Å². The number of hydrogen-bond acceptors (Lipinski definition) is 4. The third-order valence-electron chi connectivity index (χ3n) is 3.12. The Bertz CT molecular complexity index is 592. The molecule has 0 saturated heterocycles. The third-order valence-corrected chi connectivity index (χ3v) is 3.12. The van der Waals surface area contributed by atoms with Crippen LogP contribution in [0.5, 0.6) is 5.75 Å². The monoisotopic (exact) mass is 274 g/mol. The molecule has 0 aliphatic rings. The number of carbonyl (C=O) groups is 1. The van der Waals surface area contributed by atoms with Crippen molar-refractivity contribution in [3.05, 3.63) is 47.8 Å². The van der Waals surface area contributed by atoms with Crippen LogP contribution in [0, 0.1) is 0 Å². The van der Waals surface area contributed by atoms with E-state index in [1.165, 1.54) is 4.68 Å². The summed E-state index contributed by atoms with van der Waals surface area (Å²) < 4.78 is 12.2. The Hall–Kier alpha value is -2.30. The first-order chi connectivity index (χ1) is 9.65. The van der Waals surface area contributed by atoms with Crippen molar-refractivity contribution in [3.8, 4) is 5.75 Å². The Morgan fingerprint density at radius 2 is 2.20 bits per heavy atom. The second kappa shape index (κ2) is 6.23. The molecule has 0 unspecified atom stereocenters. The predicted molar refractivity (Wildman–Crippen MR) is 74.6 cm³/mol. The van der Waals surface area contributed by atoms with Gasteiger partial charge in [0, 0.05) is 13.2 Å². The Morgan fingerprint density at radius 3 is 2.80 bits per heavy atom. The van der Waals surface area contributed by atoms with Crippen molar-refractivity contribution in [2.75, 3.05) is 7.11 Å². The molecule has 0 bridgehead atoms. The third kappa shape index (κ3) is 2.99. The number of methoxy groups -OCH3 is 1. The first-order valence-corrected chi connectivity index (χ1v) is 6.48. The zero-order chi connectivity index (χ0) is 14.5. The number of hydrogen-bond donors (Lipinski definition) is 0. The molecular formula is C15H18N2O3. The molecule has 20 heavy (non-hydrogen) atoms. The highest BCUT2D eigenvalue weighted by Crippen LogP contribution is 2.25. The summed E-state index contributed by atoms with van der Waals surface area (Å²) in [5, 5.41) is 3.97. The van der Waals surface area contributed by atoms with Gasteiger partial charge in [-0.15, -0.1) is 0 Å². The summed E-state index contributed by atoms with van der Waals surface area (Å²) in [7, 11) is 3.32. The van der Waals surface area contributed by atoms with E-state index in [0.717, 1.165) is 11.3 Å². The van der Waals surface area contributed by atoms with E-state index in [0.29, 0.717) is 12.1 Å². The fraction of sp³-hybridized carbons (Fsp3) is 0.333. The number of rotatable bonds is 5. The van der Waals surface area contributed by atoms with E-state index in [1.54, 1.807) is 26.4 Å². The maximum atomic E-state index is 12.1. The normalized spacial score (nSPS) is 11.9. The summed E-state index contributed by atoms with van der Waals surface area (Å²) in [5.41, 5.74) is 1.36. The van der Waals surface area contributed by atoms with Crippen LogP contribution in [-0.4, -0.2) is 22.9 Å². The van der Waals surface area contributed by atoms with Gasteiger partial charge in [0.25, 0.3) is 0 Å². The number of benzene rings is 1. The largest absolute Gasteiger partial charge is 0.497 e. The van der Waals surface area contributed by atoms with Crippen LogP contribution in [0.25, 0.3) is 0 Å². The molecule has 2 aromatic rings. The van der Waals surface area contributed by atoms with E-state index in [2.05, 4.69) is 5.10 Å². The van der Waals surface area contributed by atoms with Gasteiger partial charge in [0.15, 0.2) is 0 Å². The van der Waals surface area contributed by atoms with Crippen LogP contribution in [0.1, 0.15) is 35.5 Å². The van der Waals surface area contributed by atoms with Gasteiger partial charge in [-0.1, -0.05) is 19.1 Å². The van der Waals surface area contributed by atoms with Gasteiger partial charge in [-0.2, -0.15) is 5.10 Å².